The van der Waals surface area contributed by atoms with E-state index in [1.807, 2.05) is 0 Å². The standard InChI is InChI=1S/C21H20ClF2N5O/c1-9(30)16-10-2-4-11(5-3-10)17(16)26-21-15(24)7-14(23)19(27-21)18-13-6-12(22)8-25-20(13)29-28-18/h6-8,10-11,16-17H,2-5H2,1H3,(H,26,27)(H,25,28,29)/t10?,11?,16-,17-/m0/s1. The Morgan fingerprint density at radius 1 is 1.17 bits per heavy atom. The second kappa shape index (κ2) is 7.27. The van der Waals surface area contributed by atoms with Crippen molar-refractivity contribution in [1.29, 1.82) is 0 Å². The first-order valence-electron chi connectivity index (χ1n) is 10.1. The minimum atomic E-state index is -0.822. The molecule has 3 aromatic rings. The van der Waals surface area contributed by atoms with Gasteiger partial charge in [0.05, 0.1) is 10.7 Å². The predicted octanol–water partition coefficient (Wildman–Crippen LogP) is 4.76. The summed E-state index contributed by atoms with van der Waals surface area (Å²) in [5.41, 5.74) is 0.551. The smallest absolute Gasteiger partial charge is 0.181 e. The van der Waals surface area contributed by atoms with Crippen molar-refractivity contribution in [3.63, 3.8) is 0 Å². The maximum atomic E-state index is 14.7. The summed E-state index contributed by atoms with van der Waals surface area (Å²) < 4.78 is 29.3. The van der Waals surface area contributed by atoms with E-state index in [1.54, 1.807) is 13.0 Å². The van der Waals surface area contributed by atoms with E-state index in [4.69, 9.17) is 11.6 Å². The molecule has 0 saturated heterocycles. The van der Waals surface area contributed by atoms with Gasteiger partial charge in [-0.2, -0.15) is 5.10 Å². The van der Waals surface area contributed by atoms with Crippen LogP contribution in [0.3, 0.4) is 0 Å². The Morgan fingerprint density at radius 3 is 2.63 bits per heavy atom. The van der Waals surface area contributed by atoms with E-state index in [9.17, 15) is 13.6 Å². The molecular weight excluding hydrogens is 412 g/mol. The Hall–Kier alpha value is -2.61. The third-order valence-corrected chi connectivity index (χ3v) is 6.74. The van der Waals surface area contributed by atoms with E-state index in [-0.39, 0.29) is 40.9 Å². The average Bonchev–Trinajstić information content (AvgIpc) is 3.13. The van der Waals surface area contributed by atoms with Gasteiger partial charge in [0, 0.05) is 29.6 Å². The first-order valence-corrected chi connectivity index (χ1v) is 10.4. The lowest BCUT2D eigenvalue weighted by Gasteiger charge is -2.48. The monoisotopic (exact) mass is 431 g/mol. The van der Waals surface area contributed by atoms with E-state index >= 15 is 0 Å². The van der Waals surface area contributed by atoms with Crippen LogP contribution in [0.2, 0.25) is 5.02 Å². The Morgan fingerprint density at radius 2 is 1.90 bits per heavy atom. The van der Waals surface area contributed by atoms with E-state index in [1.165, 1.54) is 6.20 Å². The van der Waals surface area contributed by atoms with Gasteiger partial charge in [-0.1, -0.05) is 11.6 Å². The van der Waals surface area contributed by atoms with Crippen LogP contribution < -0.4 is 5.32 Å². The molecule has 6 rings (SSSR count). The molecule has 3 aromatic heterocycles. The molecule has 156 valence electrons. The number of nitrogens with zero attached hydrogens (tertiary/aromatic N) is 3. The number of fused-ring (bicyclic) bond motifs is 4. The van der Waals surface area contributed by atoms with E-state index in [0.29, 0.717) is 22.0 Å². The van der Waals surface area contributed by atoms with Crippen LogP contribution in [-0.4, -0.2) is 32.0 Å². The summed E-state index contributed by atoms with van der Waals surface area (Å²) in [4.78, 5) is 20.7. The number of anilines is 1. The molecule has 3 aliphatic rings. The highest BCUT2D eigenvalue weighted by Crippen LogP contribution is 2.46. The Bertz CT molecular complexity index is 1140. The Kier molecular flexibility index (Phi) is 4.69. The molecule has 3 saturated carbocycles. The summed E-state index contributed by atoms with van der Waals surface area (Å²) in [5.74, 6) is -1.18. The zero-order valence-corrected chi connectivity index (χ0v) is 17.0. The van der Waals surface area contributed by atoms with Crippen molar-refractivity contribution in [2.75, 3.05) is 5.32 Å². The van der Waals surface area contributed by atoms with Crippen molar-refractivity contribution < 1.29 is 13.6 Å². The highest BCUT2D eigenvalue weighted by Gasteiger charge is 2.46. The molecule has 9 heteroatoms. The first-order chi connectivity index (χ1) is 14.4. The number of halogens is 3. The second-order valence-corrected chi connectivity index (χ2v) is 8.69. The van der Waals surface area contributed by atoms with Crippen LogP contribution >= 0.6 is 11.6 Å². The molecule has 0 unspecified atom stereocenters. The highest BCUT2D eigenvalue weighted by molar-refractivity contribution is 6.31. The summed E-state index contributed by atoms with van der Waals surface area (Å²) >= 11 is 6.02. The van der Waals surface area contributed by atoms with Gasteiger partial charge in [0.1, 0.15) is 11.5 Å². The quantitative estimate of drug-likeness (QED) is 0.622. The van der Waals surface area contributed by atoms with Crippen molar-refractivity contribution >= 4 is 34.2 Å². The van der Waals surface area contributed by atoms with E-state index in [0.717, 1.165) is 31.7 Å². The van der Waals surface area contributed by atoms with Crippen LogP contribution in [0.1, 0.15) is 32.6 Å². The fourth-order valence-corrected chi connectivity index (χ4v) is 5.36. The SMILES string of the molecule is CC(=O)[C@H]1C2CCC(CC2)[C@@H]1Nc1nc(-c2[nH]nc3ncc(Cl)cc23)c(F)cc1F. The number of hydrogen-bond acceptors (Lipinski definition) is 5. The van der Waals surface area contributed by atoms with Gasteiger partial charge in [-0.3, -0.25) is 9.89 Å². The molecule has 0 spiro atoms. The van der Waals surface area contributed by atoms with Crippen LogP contribution in [0.15, 0.2) is 18.3 Å². The van der Waals surface area contributed by atoms with Crippen LogP contribution in [0.25, 0.3) is 22.4 Å². The highest BCUT2D eigenvalue weighted by atomic mass is 35.5. The van der Waals surface area contributed by atoms with Crippen molar-refractivity contribution in [1.82, 2.24) is 20.2 Å². The summed E-state index contributed by atoms with van der Waals surface area (Å²) in [7, 11) is 0. The lowest BCUT2D eigenvalue weighted by Crippen LogP contribution is -2.51. The third-order valence-electron chi connectivity index (χ3n) is 6.53. The Balaban J connectivity index is 1.55. The van der Waals surface area contributed by atoms with Crippen LogP contribution in [0.5, 0.6) is 0 Å². The zero-order valence-electron chi connectivity index (χ0n) is 16.3. The molecule has 0 aliphatic heterocycles. The number of carbonyl (C=O) groups excluding carboxylic acids is 1. The number of H-pyrrole nitrogens is 1. The Labute approximate surface area is 176 Å². The lowest BCUT2D eigenvalue weighted by molar-refractivity contribution is -0.126. The molecule has 3 aliphatic carbocycles. The zero-order chi connectivity index (χ0) is 21.0. The molecule has 0 aromatic carbocycles. The number of pyridine rings is 2. The molecule has 30 heavy (non-hydrogen) atoms. The summed E-state index contributed by atoms with van der Waals surface area (Å²) in [6, 6.07) is 2.20. The van der Waals surface area contributed by atoms with Gasteiger partial charge in [0.2, 0.25) is 0 Å². The number of nitrogens with one attached hydrogen (secondary N) is 2. The van der Waals surface area contributed by atoms with Gasteiger partial charge in [-0.15, -0.1) is 0 Å². The molecule has 3 fully saturated rings. The predicted molar refractivity (Wildman–Crippen MR) is 109 cm³/mol. The number of hydrogen-bond donors (Lipinski definition) is 2. The fourth-order valence-electron chi connectivity index (χ4n) is 5.20. The maximum Gasteiger partial charge on any atom is 0.181 e. The van der Waals surface area contributed by atoms with Crippen molar-refractivity contribution in [2.24, 2.45) is 17.8 Å². The molecule has 0 radical (unpaired) electrons. The average molecular weight is 432 g/mol. The van der Waals surface area contributed by atoms with Gasteiger partial charge >= 0.3 is 0 Å². The van der Waals surface area contributed by atoms with Gasteiger partial charge in [0.25, 0.3) is 0 Å². The van der Waals surface area contributed by atoms with Crippen LogP contribution in [0.4, 0.5) is 14.6 Å². The van der Waals surface area contributed by atoms with Crippen molar-refractivity contribution in [3.8, 4) is 11.4 Å². The molecule has 0 amide bonds. The molecule has 2 atom stereocenters. The molecule has 2 N–H and O–H groups in total. The summed E-state index contributed by atoms with van der Waals surface area (Å²) in [6.45, 7) is 1.59. The number of aromatic nitrogens is 4. The molecule has 2 bridgehead atoms. The summed E-state index contributed by atoms with van der Waals surface area (Å²) in [5, 5.41) is 10.8. The number of ketones is 1. The van der Waals surface area contributed by atoms with Crippen LogP contribution in [0, 0.1) is 29.4 Å². The second-order valence-electron chi connectivity index (χ2n) is 8.25. The molecule has 6 nitrogen and oxygen atoms in total. The van der Waals surface area contributed by atoms with Crippen LogP contribution in [-0.2, 0) is 4.79 Å². The lowest BCUT2D eigenvalue weighted by atomic mass is 9.60. The third kappa shape index (κ3) is 3.14. The topological polar surface area (TPSA) is 83.6 Å². The van der Waals surface area contributed by atoms with Gasteiger partial charge in [-0.05, 0) is 50.5 Å². The summed E-state index contributed by atoms with van der Waals surface area (Å²) in [6.07, 6.45) is 5.47. The number of rotatable bonds is 4. The normalized spacial score (nSPS) is 25.6. The van der Waals surface area contributed by atoms with Crippen molar-refractivity contribution in [3.05, 3.63) is 35.0 Å². The minimum Gasteiger partial charge on any atom is -0.364 e. The van der Waals surface area contributed by atoms with Gasteiger partial charge in [-0.25, -0.2) is 18.7 Å². The first kappa shape index (κ1) is 19.4. The van der Waals surface area contributed by atoms with E-state index < -0.39 is 11.6 Å². The van der Waals surface area contributed by atoms with Crippen molar-refractivity contribution in [2.45, 2.75) is 38.6 Å². The van der Waals surface area contributed by atoms with E-state index in [2.05, 4.69) is 25.5 Å². The maximum absolute atomic E-state index is 14.7. The number of carbonyl (C=O) groups is 1. The number of aromatic amines is 1. The molecular formula is C21H20ClF2N5O. The van der Waals surface area contributed by atoms with Gasteiger partial charge in [0.15, 0.2) is 23.1 Å². The number of Topliss-reactive ketones (excluding diaryl/α,β-unsaturated/α-hetero) is 1. The van der Waals surface area contributed by atoms with Gasteiger partial charge < -0.3 is 5.32 Å². The largest absolute Gasteiger partial charge is 0.364 e. The fraction of sp³-hybridized carbons (Fsp3) is 0.429. The molecule has 3 heterocycles. The minimum absolute atomic E-state index is 0.0621.